The van der Waals surface area contributed by atoms with E-state index in [9.17, 15) is 9.59 Å². The molecular weight excluding hydrogens is 364 g/mol. The maximum atomic E-state index is 12.3. The molecule has 0 aliphatic rings. The molecule has 1 aromatic heterocycles. The molecule has 0 bridgehead atoms. The summed E-state index contributed by atoms with van der Waals surface area (Å²) >= 11 is 1.40. The van der Waals surface area contributed by atoms with Crippen molar-refractivity contribution in [3.05, 3.63) is 46.3 Å². The van der Waals surface area contributed by atoms with Gasteiger partial charge in [-0.15, -0.1) is 11.3 Å². The fourth-order valence-corrected chi connectivity index (χ4v) is 3.46. The van der Waals surface area contributed by atoms with Crippen LogP contribution in [0.5, 0.6) is 0 Å². The number of anilines is 2. The van der Waals surface area contributed by atoms with Crippen LogP contribution in [0.4, 0.5) is 10.7 Å². The number of thiophene rings is 1. The number of hydrogen-bond donors (Lipinski definition) is 2. The van der Waals surface area contributed by atoms with Gasteiger partial charge in [0, 0.05) is 17.7 Å². The van der Waals surface area contributed by atoms with E-state index in [2.05, 4.69) is 10.6 Å². The second-order valence-corrected chi connectivity index (χ2v) is 7.07. The maximum Gasteiger partial charge on any atom is 0.341 e. The smallest absolute Gasteiger partial charge is 0.341 e. The highest BCUT2D eigenvalue weighted by atomic mass is 32.1. The Morgan fingerprint density at radius 3 is 2.67 bits per heavy atom. The van der Waals surface area contributed by atoms with E-state index in [0.29, 0.717) is 17.2 Å². The summed E-state index contributed by atoms with van der Waals surface area (Å²) in [6, 6.07) is 9.51. The zero-order chi connectivity index (χ0) is 19.8. The molecule has 27 heavy (non-hydrogen) atoms. The van der Waals surface area contributed by atoms with Crippen LogP contribution in [0.3, 0.4) is 0 Å². The molecule has 2 N–H and O–H groups in total. The summed E-state index contributed by atoms with van der Waals surface area (Å²) in [5, 5.41) is 6.44. The Balaban J connectivity index is 2.02. The summed E-state index contributed by atoms with van der Waals surface area (Å²) < 4.78 is 10.4. The molecule has 1 aromatic carbocycles. The van der Waals surface area contributed by atoms with Gasteiger partial charge >= 0.3 is 5.97 Å². The van der Waals surface area contributed by atoms with Gasteiger partial charge in [-0.25, -0.2) is 4.79 Å². The predicted octanol–water partition coefficient (Wildman–Crippen LogP) is 4.25. The molecule has 0 aliphatic heterocycles. The summed E-state index contributed by atoms with van der Waals surface area (Å²) in [6.07, 6.45) is 0.765. The van der Waals surface area contributed by atoms with E-state index in [-0.39, 0.29) is 18.6 Å². The third-order valence-corrected chi connectivity index (χ3v) is 5.24. The van der Waals surface area contributed by atoms with E-state index in [1.807, 2.05) is 38.1 Å². The van der Waals surface area contributed by atoms with Gasteiger partial charge in [0.2, 0.25) is 5.91 Å². The molecule has 0 saturated carbocycles. The van der Waals surface area contributed by atoms with Crippen LogP contribution in [0.15, 0.2) is 30.3 Å². The Bertz CT molecular complexity index is 788. The summed E-state index contributed by atoms with van der Waals surface area (Å²) in [6.45, 7) is 6.10. The summed E-state index contributed by atoms with van der Waals surface area (Å²) in [5.74, 6) is -0.645. The Kier molecular flexibility index (Phi) is 7.82. The van der Waals surface area contributed by atoms with Gasteiger partial charge in [0.15, 0.2) is 0 Å². The number of aryl methyl sites for hydroxylation is 1. The first kappa shape index (κ1) is 20.9. The van der Waals surface area contributed by atoms with Crippen LogP contribution in [0.25, 0.3) is 0 Å². The first-order valence-corrected chi connectivity index (χ1v) is 9.76. The molecule has 0 fully saturated rings. The number of carbonyl (C=O) groups is 2. The molecular formula is C20H26N2O4S. The van der Waals surface area contributed by atoms with Crippen LogP contribution in [0.1, 0.15) is 47.7 Å². The van der Waals surface area contributed by atoms with Gasteiger partial charge in [0.25, 0.3) is 0 Å². The Labute approximate surface area is 163 Å². The Morgan fingerprint density at radius 2 is 2.00 bits per heavy atom. The van der Waals surface area contributed by atoms with Crippen LogP contribution >= 0.6 is 11.3 Å². The van der Waals surface area contributed by atoms with Crippen molar-refractivity contribution in [2.45, 2.75) is 33.3 Å². The Morgan fingerprint density at radius 1 is 1.22 bits per heavy atom. The molecule has 1 atom stereocenters. The zero-order valence-corrected chi connectivity index (χ0v) is 16.9. The largest absolute Gasteiger partial charge is 0.462 e. The highest BCUT2D eigenvalue weighted by Crippen LogP contribution is 2.29. The maximum absolute atomic E-state index is 12.3. The average molecular weight is 391 g/mol. The molecule has 6 nitrogen and oxygen atoms in total. The predicted molar refractivity (Wildman–Crippen MR) is 109 cm³/mol. The Hall–Kier alpha value is -2.38. The van der Waals surface area contributed by atoms with Gasteiger partial charge in [-0.3, -0.25) is 4.79 Å². The normalized spacial score (nSPS) is 11.7. The second-order valence-electron chi connectivity index (χ2n) is 5.93. The lowest BCUT2D eigenvalue weighted by atomic mass is 10.1. The van der Waals surface area contributed by atoms with Crippen molar-refractivity contribution in [3.63, 3.8) is 0 Å². The fourth-order valence-electron chi connectivity index (χ4n) is 2.46. The molecule has 0 radical (unpaired) electrons. The van der Waals surface area contributed by atoms with Gasteiger partial charge in [-0.1, -0.05) is 19.1 Å². The van der Waals surface area contributed by atoms with Crippen molar-refractivity contribution < 1.29 is 19.1 Å². The van der Waals surface area contributed by atoms with Gasteiger partial charge < -0.3 is 20.1 Å². The molecule has 0 spiro atoms. The van der Waals surface area contributed by atoms with Gasteiger partial charge in [0.1, 0.15) is 5.00 Å². The lowest BCUT2D eigenvalue weighted by molar-refractivity contribution is -0.114. The van der Waals surface area contributed by atoms with Crippen molar-refractivity contribution in [2.24, 2.45) is 0 Å². The van der Waals surface area contributed by atoms with Crippen molar-refractivity contribution in [2.75, 3.05) is 30.9 Å². The van der Waals surface area contributed by atoms with E-state index in [4.69, 9.17) is 9.47 Å². The number of esters is 1. The molecule has 2 rings (SSSR count). The molecule has 0 aliphatic carbocycles. The molecule has 0 saturated heterocycles. The second kappa shape index (κ2) is 10.1. The number of methoxy groups -OCH3 is 1. The fraction of sp³-hybridized carbons (Fsp3) is 0.400. The topological polar surface area (TPSA) is 76.7 Å². The summed E-state index contributed by atoms with van der Waals surface area (Å²) in [4.78, 5) is 25.5. The van der Waals surface area contributed by atoms with Crippen molar-refractivity contribution in [1.29, 1.82) is 0 Å². The summed E-state index contributed by atoms with van der Waals surface area (Å²) in [7, 11) is 1.66. The van der Waals surface area contributed by atoms with E-state index >= 15 is 0 Å². The number of amides is 1. The number of ether oxygens (including phenoxy) is 2. The summed E-state index contributed by atoms with van der Waals surface area (Å²) in [5.41, 5.74) is 2.26. The van der Waals surface area contributed by atoms with Gasteiger partial charge in [0.05, 0.1) is 24.8 Å². The van der Waals surface area contributed by atoms with Gasteiger partial charge in [-0.2, -0.15) is 0 Å². The minimum Gasteiger partial charge on any atom is -0.462 e. The number of hydrogen-bond acceptors (Lipinski definition) is 6. The lowest BCUT2D eigenvalue weighted by Crippen LogP contribution is -2.22. The number of nitrogens with one attached hydrogen (secondary N) is 2. The van der Waals surface area contributed by atoms with Crippen LogP contribution in [-0.4, -0.2) is 32.1 Å². The van der Waals surface area contributed by atoms with Crippen LogP contribution < -0.4 is 10.6 Å². The molecule has 1 heterocycles. The minimum atomic E-state index is -0.419. The van der Waals surface area contributed by atoms with E-state index in [0.717, 1.165) is 22.5 Å². The quantitative estimate of drug-likeness (QED) is 0.626. The van der Waals surface area contributed by atoms with Crippen molar-refractivity contribution >= 4 is 33.9 Å². The van der Waals surface area contributed by atoms with E-state index < -0.39 is 5.97 Å². The number of rotatable bonds is 9. The average Bonchev–Trinajstić information content (AvgIpc) is 3.09. The van der Waals surface area contributed by atoms with Gasteiger partial charge in [-0.05, 0) is 44.0 Å². The van der Waals surface area contributed by atoms with E-state index in [1.54, 1.807) is 20.1 Å². The van der Waals surface area contributed by atoms with Crippen molar-refractivity contribution in [1.82, 2.24) is 0 Å². The van der Waals surface area contributed by atoms with E-state index in [1.165, 1.54) is 11.3 Å². The molecule has 146 valence electrons. The van der Waals surface area contributed by atoms with Crippen molar-refractivity contribution in [3.8, 4) is 0 Å². The molecule has 7 heteroatoms. The third-order valence-electron chi connectivity index (χ3n) is 4.04. The number of benzene rings is 1. The first-order chi connectivity index (χ1) is 13.0. The molecule has 1 unspecified atom stereocenters. The zero-order valence-electron chi connectivity index (χ0n) is 16.1. The van der Waals surface area contributed by atoms with Crippen LogP contribution in [0, 0.1) is 0 Å². The molecule has 2 aromatic rings. The highest BCUT2D eigenvalue weighted by molar-refractivity contribution is 7.16. The number of carbonyl (C=O) groups excluding carboxylic acids is 2. The minimum absolute atomic E-state index is 0.0219. The van der Waals surface area contributed by atoms with Crippen LogP contribution in [0.2, 0.25) is 0 Å². The standard InChI is InChI=1S/C20H26N2O4S/c1-5-16-11-17(20(24)26-6-2)19(27-16)22-18(23)12-21-15-9-7-8-14(10-15)13(3)25-4/h7-11,13,21H,5-6,12H2,1-4H3,(H,22,23). The highest BCUT2D eigenvalue weighted by Gasteiger charge is 2.18. The monoisotopic (exact) mass is 390 g/mol. The molecule has 1 amide bonds. The first-order valence-electron chi connectivity index (χ1n) is 8.94. The van der Waals surface area contributed by atoms with Crippen LogP contribution in [-0.2, 0) is 20.7 Å². The third kappa shape index (κ3) is 5.80. The lowest BCUT2D eigenvalue weighted by Gasteiger charge is -2.12. The SMILES string of the molecule is CCOC(=O)c1cc(CC)sc1NC(=O)CNc1cccc(C(C)OC)c1.